The van der Waals surface area contributed by atoms with Gasteiger partial charge in [0.15, 0.2) is 6.29 Å². The molecule has 0 spiro atoms. The first kappa shape index (κ1) is 17.4. The number of ether oxygens (including phenoxy) is 3. The minimum atomic E-state index is -0.562. The minimum absolute atomic E-state index is 0.209. The summed E-state index contributed by atoms with van der Waals surface area (Å²) in [5, 5.41) is 0.639. The molecule has 0 N–H and O–H groups in total. The molecule has 2 aromatic rings. The van der Waals surface area contributed by atoms with E-state index in [0.717, 1.165) is 0 Å². The Morgan fingerprint density at radius 2 is 1.87 bits per heavy atom. The van der Waals surface area contributed by atoms with Gasteiger partial charge in [0.2, 0.25) is 0 Å². The Morgan fingerprint density at radius 1 is 1.17 bits per heavy atom. The van der Waals surface area contributed by atoms with Crippen LogP contribution in [-0.2, 0) is 20.8 Å². The van der Waals surface area contributed by atoms with Crippen LogP contribution < -0.4 is 0 Å². The Labute approximate surface area is 134 Å². The molecule has 0 saturated carbocycles. The van der Waals surface area contributed by atoms with Crippen LogP contribution in [0.15, 0.2) is 24.3 Å². The zero-order valence-corrected chi connectivity index (χ0v) is 13.7. The minimum Gasteiger partial charge on any atom is -0.461 e. The maximum Gasteiger partial charge on any atom is 0.354 e. The number of hydrogen-bond donors (Lipinski definition) is 0. The fraction of sp³-hybridized carbons (Fsp3) is 0.471. The molecule has 0 aliphatic heterocycles. The number of carbonyl (C=O) groups is 1. The molecule has 0 fully saturated rings. The second kappa shape index (κ2) is 8.08. The van der Waals surface area contributed by atoms with Crippen molar-refractivity contribution in [1.82, 2.24) is 4.57 Å². The predicted molar refractivity (Wildman–Crippen MR) is 84.9 cm³/mol. The van der Waals surface area contributed by atoms with Gasteiger partial charge in [0.25, 0.3) is 0 Å². The van der Waals surface area contributed by atoms with Gasteiger partial charge in [0.05, 0.1) is 18.7 Å². The third-order valence-corrected chi connectivity index (χ3v) is 3.39. The second-order valence-electron chi connectivity index (χ2n) is 4.88. The lowest BCUT2D eigenvalue weighted by Gasteiger charge is -2.19. The van der Waals surface area contributed by atoms with E-state index >= 15 is 0 Å². The molecule has 1 heterocycles. The number of halogens is 1. The van der Waals surface area contributed by atoms with Gasteiger partial charge in [-0.15, -0.1) is 0 Å². The van der Waals surface area contributed by atoms with Gasteiger partial charge in [-0.1, -0.05) is 12.1 Å². The van der Waals surface area contributed by atoms with Crippen LogP contribution in [0.2, 0.25) is 0 Å². The Bertz CT molecular complexity index is 662. The molecule has 126 valence electrons. The molecule has 1 aromatic heterocycles. The van der Waals surface area contributed by atoms with Gasteiger partial charge < -0.3 is 18.8 Å². The lowest BCUT2D eigenvalue weighted by Crippen LogP contribution is -2.26. The molecular weight excluding hydrogens is 301 g/mol. The molecule has 23 heavy (non-hydrogen) atoms. The molecule has 6 heteroatoms. The molecule has 1 aromatic carbocycles. The fourth-order valence-corrected chi connectivity index (χ4v) is 2.52. The van der Waals surface area contributed by atoms with Crippen molar-refractivity contribution >= 4 is 16.9 Å². The number of benzene rings is 1. The summed E-state index contributed by atoms with van der Waals surface area (Å²) < 4.78 is 32.0. The highest BCUT2D eigenvalue weighted by molar-refractivity contribution is 5.95. The number of rotatable bonds is 8. The largest absolute Gasteiger partial charge is 0.461 e. The van der Waals surface area contributed by atoms with Crippen molar-refractivity contribution in [2.45, 2.75) is 33.6 Å². The van der Waals surface area contributed by atoms with Crippen LogP contribution in [0.5, 0.6) is 0 Å². The lowest BCUT2D eigenvalue weighted by molar-refractivity contribution is -0.143. The van der Waals surface area contributed by atoms with E-state index in [0.29, 0.717) is 24.1 Å². The van der Waals surface area contributed by atoms with Gasteiger partial charge >= 0.3 is 5.97 Å². The Balaban J connectivity index is 2.48. The van der Waals surface area contributed by atoms with E-state index in [2.05, 4.69) is 0 Å². The third kappa shape index (κ3) is 3.89. The molecular formula is C17H22FNO4. The topological polar surface area (TPSA) is 49.7 Å². The Hall–Kier alpha value is -1.92. The number of aromatic nitrogens is 1. The number of nitrogens with zero attached hydrogens (tertiary/aromatic N) is 1. The van der Waals surface area contributed by atoms with E-state index < -0.39 is 18.1 Å². The molecule has 0 aliphatic carbocycles. The number of carbonyl (C=O) groups excluding carboxylic acids is 1. The number of para-hydroxylation sites is 1. The highest BCUT2D eigenvalue weighted by Crippen LogP contribution is 2.24. The first-order chi connectivity index (χ1) is 11.1. The Morgan fingerprint density at radius 3 is 2.48 bits per heavy atom. The average Bonchev–Trinajstić information content (AvgIpc) is 2.88. The van der Waals surface area contributed by atoms with Crippen molar-refractivity contribution < 1.29 is 23.4 Å². The van der Waals surface area contributed by atoms with Crippen LogP contribution in [0, 0.1) is 5.82 Å². The average molecular weight is 323 g/mol. The predicted octanol–water partition coefficient (Wildman–Crippen LogP) is 3.36. The van der Waals surface area contributed by atoms with Crippen molar-refractivity contribution in [2.24, 2.45) is 0 Å². The first-order valence-corrected chi connectivity index (χ1v) is 7.80. The summed E-state index contributed by atoms with van der Waals surface area (Å²) in [6.07, 6.45) is -0.562. The van der Waals surface area contributed by atoms with E-state index in [1.54, 1.807) is 29.7 Å². The van der Waals surface area contributed by atoms with E-state index in [1.165, 1.54) is 6.07 Å². The van der Waals surface area contributed by atoms with Crippen LogP contribution in [0.3, 0.4) is 0 Å². The van der Waals surface area contributed by atoms with Crippen molar-refractivity contribution in [3.63, 3.8) is 0 Å². The number of esters is 1. The normalized spacial score (nSPS) is 11.3. The quantitative estimate of drug-likeness (QED) is 0.552. The monoisotopic (exact) mass is 323 g/mol. The summed E-state index contributed by atoms with van der Waals surface area (Å²) in [6, 6.07) is 6.36. The van der Waals surface area contributed by atoms with E-state index in [-0.39, 0.29) is 18.8 Å². The van der Waals surface area contributed by atoms with Crippen LogP contribution in [0.1, 0.15) is 31.3 Å². The first-order valence-electron chi connectivity index (χ1n) is 7.80. The third-order valence-electron chi connectivity index (χ3n) is 3.39. The molecule has 0 aliphatic rings. The zero-order chi connectivity index (χ0) is 16.8. The summed E-state index contributed by atoms with van der Waals surface area (Å²) in [4.78, 5) is 12.2. The molecule has 2 rings (SSSR count). The smallest absolute Gasteiger partial charge is 0.354 e. The summed E-state index contributed by atoms with van der Waals surface area (Å²) in [7, 11) is 0. The standard InChI is InChI=1S/C17H22FNO4/c1-4-21-15(22-5-2)11-19-14(17(20)23-6-3)10-12-8-7-9-13(18)16(12)19/h7-10,15H,4-6,11H2,1-3H3. The van der Waals surface area contributed by atoms with Gasteiger partial charge in [-0.3, -0.25) is 0 Å². The molecule has 0 radical (unpaired) electrons. The van der Waals surface area contributed by atoms with Crippen LogP contribution in [0.25, 0.3) is 10.9 Å². The van der Waals surface area contributed by atoms with E-state index in [4.69, 9.17) is 14.2 Å². The van der Waals surface area contributed by atoms with Crippen LogP contribution in [0.4, 0.5) is 4.39 Å². The van der Waals surface area contributed by atoms with E-state index in [9.17, 15) is 9.18 Å². The highest BCUT2D eigenvalue weighted by atomic mass is 19.1. The van der Waals surface area contributed by atoms with Gasteiger partial charge in [0, 0.05) is 18.6 Å². The molecule has 0 amide bonds. The van der Waals surface area contributed by atoms with Crippen LogP contribution in [-0.4, -0.2) is 36.6 Å². The zero-order valence-electron chi connectivity index (χ0n) is 13.7. The Kier molecular flexibility index (Phi) is 6.12. The molecule has 0 saturated heterocycles. The van der Waals surface area contributed by atoms with Crippen LogP contribution >= 0.6 is 0 Å². The maximum atomic E-state index is 14.3. The van der Waals surface area contributed by atoms with Gasteiger partial charge in [0.1, 0.15) is 11.5 Å². The maximum absolute atomic E-state index is 14.3. The summed E-state index contributed by atoms with van der Waals surface area (Å²) in [6.45, 7) is 6.82. The van der Waals surface area contributed by atoms with Gasteiger partial charge in [-0.25, -0.2) is 9.18 Å². The van der Waals surface area contributed by atoms with Crippen molar-refractivity contribution in [2.75, 3.05) is 19.8 Å². The van der Waals surface area contributed by atoms with Gasteiger partial charge in [-0.2, -0.15) is 0 Å². The van der Waals surface area contributed by atoms with Crippen molar-refractivity contribution in [3.05, 3.63) is 35.8 Å². The molecule has 0 unspecified atom stereocenters. The molecule has 5 nitrogen and oxygen atoms in total. The molecule has 0 bridgehead atoms. The fourth-order valence-electron chi connectivity index (χ4n) is 2.52. The van der Waals surface area contributed by atoms with E-state index in [1.807, 2.05) is 13.8 Å². The molecule has 0 atom stereocenters. The van der Waals surface area contributed by atoms with Crippen molar-refractivity contribution in [1.29, 1.82) is 0 Å². The summed E-state index contributed by atoms with van der Waals surface area (Å²) >= 11 is 0. The second-order valence-corrected chi connectivity index (χ2v) is 4.88. The lowest BCUT2D eigenvalue weighted by atomic mass is 10.2. The number of fused-ring (bicyclic) bond motifs is 1. The SMILES string of the molecule is CCOC(=O)c1cc2cccc(F)c2n1CC(OCC)OCC. The highest BCUT2D eigenvalue weighted by Gasteiger charge is 2.21. The van der Waals surface area contributed by atoms with Crippen molar-refractivity contribution in [3.8, 4) is 0 Å². The summed E-state index contributed by atoms with van der Waals surface area (Å²) in [5.74, 6) is -0.889. The number of hydrogen-bond acceptors (Lipinski definition) is 4. The van der Waals surface area contributed by atoms with Gasteiger partial charge in [-0.05, 0) is 32.9 Å². The summed E-state index contributed by atoms with van der Waals surface area (Å²) in [5.41, 5.74) is 0.635.